The molecule has 2 rings (SSSR count). The molecule has 0 atom stereocenters. The third-order valence-corrected chi connectivity index (χ3v) is 1.18. The maximum atomic E-state index is 4.83. The van der Waals surface area contributed by atoms with Crippen LogP contribution in [0.4, 0.5) is 0 Å². The highest BCUT2D eigenvalue weighted by Gasteiger charge is 2.01. The summed E-state index contributed by atoms with van der Waals surface area (Å²) in [4.78, 5) is 0. The lowest BCUT2D eigenvalue weighted by Crippen LogP contribution is -1.70. The molecule has 0 amide bonds. The third kappa shape index (κ3) is 0.699. The zero-order valence-corrected chi connectivity index (χ0v) is 5.02. The fourth-order valence-electron chi connectivity index (χ4n) is 0.701. The molecule has 10 heavy (non-hydrogen) atoms. The van der Waals surface area contributed by atoms with Crippen LogP contribution in [0.1, 0.15) is 0 Å². The van der Waals surface area contributed by atoms with Gasteiger partial charge in [-0.05, 0) is 6.07 Å². The van der Waals surface area contributed by atoms with Crippen LogP contribution in [-0.4, -0.2) is 10.4 Å². The summed E-state index contributed by atoms with van der Waals surface area (Å²) in [5, 5.41) is 6.99. The molecule has 2 aromatic rings. The number of furan rings is 1. The highest BCUT2D eigenvalue weighted by atomic mass is 16.5. The highest BCUT2D eigenvalue weighted by Crippen LogP contribution is 2.14. The van der Waals surface area contributed by atoms with Crippen molar-refractivity contribution in [2.75, 3.05) is 0 Å². The van der Waals surface area contributed by atoms with Gasteiger partial charge in [0.15, 0.2) is 6.26 Å². The Kier molecular flexibility index (Phi) is 1.04. The molecule has 0 aliphatic rings. The number of hydrogen-bond acceptors (Lipinski definition) is 4. The van der Waals surface area contributed by atoms with Crippen LogP contribution in [0.3, 0.4) is 0 Å². The molecule has 0 aromatic carbocycles. The van der Waals surface area contributed by atoms with Crippen molar-refractivity contribution < 1.29 is 8.94 Å². The fraction of sp³-hybridized carbons (Fsp3) is 0. The standard InChI is InChI=1S/C6H4N2O2/c1-2-9-3-5(1)6-4-10-8-7-6/h1-4H. The Labute approximate surface area is 56.4 Å². The second kappa shape index (κ2) is 1.98. The molecule has 0 radical (unpaired) electrons. The van der Waals surface area contributed by atoms with Gasteiger partial charge in [-0.2, -0.15) is 0 Å². The van der Waals surface area contributed by atoms with E-state index in [1.54, 1.807) is 18.6 Å². The summed E-state index contributed by atoms with van der Waals surface area (Å²) in [5.74, 6) is 0. The predicted molar refractivity (Wildman–Crippen MR) is 32.0 cm³/mol. The third-order valence-electron chi connectivity index (χ3n) is 1.18. The Balaban J connectivity index is 2.48. The smallest absolute Gasteiger partial charge is 0.152 e. The molecular formula is C6H4N2O2. The van der Waals surface area contributed by atoms with Crippen molar-refractivity contribution in [1.29, 1.82) is 0 Å². The van der Waals surface area contributed by atoms with Gasteiger partial charge in [-0.15, -0.1) is 5.10 Å². The Morgan fingerprint density at radius 2 is 2.30 bits per heavy atom. The molecule has 2 heterocycles. The number of hydrogen-bond donors (Lipinski definition) is 0. The van der Waals surface area contributed by atoms with Gasteiger partial charge < -0.3 is 8.94 Å². The van der Waals surface area contributed by atoms with E-state index in [4.69, 9.17) is 4.42 Å². The first kappa shape index (κ1) is 5.22. The topological polar surface area (TPSA) is 52.1 Å². The molecule has 0 bridgehead atoms. The normalized spacial score (nSPS) is 10.0. The van der Waals surface area contributed by atoms with Crippen molar-refractivity contribution in [3.05, 3.63) is 24.9 Å². The maximum absolute atomic E-state index is 4.83. The molecular weight excluding hydrogens is 132 g/mol. The largest absolute Gasteiger partial charge is 0.472 e. The number of rotatable bonds is 1. The molecule has 0 aliphatic carbocycles. The summed E-state index contributed by atoms with van der Waals surface area (Å²) in [7, 11) is 0. The zero-order valence-electron chi connectivity index (χ0n) is 5.02. The van der Waals surface area contributed by atoms with Gasteiger partial charge in [-0.3, -0.25) is 0 Å². The van der Waals surface area contributed by atoms with E-state index in [-0.39, 0.29) is 0 Å². The van der Waals surface area contributed by atoms with E-state index >= 15 is 0 Å². The molecule has 0 aliphatic heterocycles. The first-order chi connectivity index (χ1) is 4.97. The summed E-state index contributed by atoms with van der Waals surface area (Å²) >= 11 is 0. The first-order valence-electron chi connectivity index (χ1n) is 2.76. The van der Waals surface area contributed by atoms with Crippen LogP contribution >= 0.6 is 0 Å². The van der Waals surface area contributed by atoms with Crippen molar-refractivity contribution in [2.45, 2.75) is 0 Å². The van der Waals surface area contributed by atoms with Gasteiger partial charge in [0, 0.05) is 10.8 Å². The predicted octanol–water partition coefficient (Wildman–Crippen LogP) is 1.33. The van der Waals surface area contributed by atoms with Crippen molar-refractivity contribution >= 4 is 0 Å². The number of nitrogens with zero attached hydrogens (tertiary/aromatic N) is 2. The molecule has 0 N–H and O–H groups in total. The van der Waals surface area contributed by atoms with E-state index < -0.39 is 0 Å². The minimum atomic E-state index is 0.689. The minimum Gasteiger partial charge on any atom is -0.472 e. The van der Waals surface area contributed by atoms with E-state index in [2.05, 4.69) is 14.9 Å². The molecule has 0 saturated heterocycles. The van der Waals surface area contributed by atoms with Gasteiger partial charge in [-0.25, -0.2) is 0 Å². The lowest BCUT2D eigenvalue weighted by Gasteiger charge is -1.78. The first-order valence-corrected chi connectivity index (χ1v) is 2.76. The van der Waals surface area contributed by atoms with Crippen molar-refractivity contribution in [1.82, 2.24) is 10.4 Å². The molecule has 0 unspecified atom stereocenters. The van der Waals surface area contributed by atoms with E-state index in [1.807, 2.05) is 0 Å². The van der Waals surface area contributed by atoms with Gasteiger partial charge in [-0.1, -0.05) is 0 Å². The summed E-state index contributed by atoms with van der Waals surface area (Å²) in [6.45, 7) is 0. The van der Waals surface area contributed by atoms with Crippen LogP contribution < -0.4 is 0 Å². The summed E-state index contributed by atoms with van der Waals surface area (Å²) in [6, 6.07) is 1.79. The molecule has 0 spiro atoms. The fourth-order valence-corrected chi connectivity index (χ4v) is 0.701. The second-order valence-electron chi connectivity index (χ2n) is 1.80. The number of aromatic nitrogens is 2. The molecule has 0 saturated carbocycles. The Bertz CT molecular complexity index is 253. The summed E-state index contributed by atoms with van der Waals surface area (Å²) < 4.78 is 9.36. The van der Waals surface area contributed by atoms with Crippen molar-refractivity contribution in [3.63, 3.8) is 0 Å². The van der Waals surface area contributed by atoms with Gasteiger partial charge in [0.05, 0.1) is 12.5 Å². The second-order valence-corrected chi connectivity index (χ2v) is 1.80. The average molecular weight is 136 g/mol. The lowest BCUT2D eigenvalue weighted by atomic mass is 10.3. The molecule has 50 valence electrons. The van der Waals surface area contributed by atoms with Crippen LogP contribution in [0.5, 0.6) is 0 Å². The minimum absolute atomic E-state index is 0.689. The quantitative estimate of drug-likeness (QED) is 0.593. The molecule has 2 aromatic heterocycles. The molecule has 4 nitrogen and oxygen atoms in total. The van der Waals surface area contributed by atoms with Gasteiger partial charge in [0.1, 0.15) is 5.69 Å². The van der Waals surface area contributed by atoms with Crippen LogP contribution in [0.25, 0.3) is 11.3 Å². The summed E-state index contributed by atoms with van der Waals surface area (Å²) in [5.41, 5.74) is 1.56. The van der Waals surface area contributed by atoms with Crippen LogP contribution in [0.2, 0.25) is 0 Å². The average Bonchev–Trinajstić information content (AvgIpc) is 2.59. The van der Waals surface area contributed by atoms with Crippen molar-refractivity contribution in [2.24, 2.45) is 0 Å². The zero-order chi connectivity index (χ0) is 6.81. The lowest BCUT2D eigenvalue weighted by molar-refractivity contribution is 0.393. The Morgan fingerprint density at radius 3 is 2.90 bits per heavy atom. The van der Waals surface area contributed by atoms with E-state index in [0.29, 0.717) is 5.69 Å². The molecule has 0 fully saturated rings. The van der Waals surface area contributed by atoms with Gasteiger partial charge in [0.25, 0.3) is 0 Å². The summed E-state index contributed by atoms with van der Waals surface area (Å²) in [6.07, 6.45) is 4.62. The maximum Gasteiger partial charge on any atom is 0.152 e. The Hall–Kier alpha value is -1.58. The van der Waals surface area contributed by atoms with E-state index in [9.17, 15) is 0 Å². The Morgan fingerprint density at radius 1 is 1.30 bits per heavy atom. The van der Waals surface area contributed by atoms with Crippen molar-refractivity contribution in [3.8, 4) is 11.3 Å². The van der Waals surface area contributed by atoms with E-state index in [0.717, 1.165) is 5.56 Å². The monoisotopic (exact) mass is 136 g/mol. The van der Waals surface area contributed by atoms with Crippen LogP contribution in [-0.2, 0) is 0 Å². The van der Waals surface area contributed by atoms with E-state index in [1.165, 1.54) is 6.26 Å². The van der Waals surface area contributed by atoms with Gasteiger partial charge in [0.2, 0.25) is 0 Å². The molecule has 4 heteroatoms. The van der Waals surface area contributed by atoms with Gasteiger partial charge >= 0.3 is 0 Å². The highest BCUT2D eigenvalue weighted by molar-refractivity contribution is 5.54. The van der Waals surface area contributed by atoms with Crippen LogP contribution in [0, 0.1) is 0 Å². The van der Waals surface area contributed by atoms with Crippen LogP contribution in [0.15, 0.2) is 33.8 Å². The SMILES string of the molecule is c1cc(-c2conn2)co1.